The fourth-order valence-corrected chi connectivity index (χ4v) is 1.83. The van der Waals surface area contributed by atoms with Gasteiger partial charge < -0.3 is 9.84 Å². The van der Waals surface area contributed by atoms with Crippen molar-refractivity contribution in [3.8, 4) is 0 Å². The van der Waals surface area contributed by atoms with Crippen molar-refractivity contribution in [2.75, 3.05) is 13.2 Å². The first-order valence-corrected chi connectivity index (χ1v) is 5.58. The smallest absolute Gasteiger partial charge is 0.0653 e. The Morgan fingerprint density at radius 2 is 1.93 bits per heavy atom. The number of ether oxygens (including phenoxy) is 1. The maximum absolute atomic E-state index is 8.98. The molecule has 0 unspecified atom stereocenters. The van der Waals surface area contributed by atoms with Crippen LogP contribution in [0, 0.1) is 5.92 Å². The first-order chi connectivity index (χ1) is 6.72. The first kappa shape index (κ1) is 11.7. The Hall–Kier alpha value is -0.340. The molecule has 0 heterocycles. The van der Waals surface area contributed by atoms with Crippen molar-refractivity contribution in [1.29, 1.82) is 0 Å². The van der Waals surface area contributed by atoms with E-state index >= 15 is 0 Å². The molecule has 1 fully saturated rings. The van der Waals surface area contributed by atoms with Crippen molar-refractivity contribution in [2.45, 2.75) is 45.6 Å². The summed E-state index contributed by atoms with van der Waals surface area (Å²) in [6.45, 7) is 5.27. The number of rotatable bonds is 4. The van der Waals surface area contributed by atoms with Gasteiger partial charge in [0, 0.05) is 6.61 Å². The van der Waals surface area contributed by atoms with Crippen molar-refractivity contribution in [3.63, 3.8) is 0 Å². The molecule has 0 aromatic carbocycles. The van der Waals surface area contributed by atoms with E-state index in [-0.39, 0.29) is 0 Å². The lowest BCUT2D eigenvalue weighted by atomic mass is 9.88. The van der Waals surface area contributed by atoms with Crippen LogP contribution in [0.25, 0.3) is 0 Å². The van der Waals surface area contributed by atoms with Crippen molar-refractivity contribution < 1.29 is 9.84 Å². The standard InChI is InChI=1S/C12H22O2/c1-10(2)7-8-14-12-5-3-11(9-13)4-6-12/h7,11-13H,3-6,8-9H2,1-2H3. The highest BCUT2D eigenvalue weighted by molar-refractivity contribution is 4.93. The van der Waals surface area contributed by atoms with Crippen LogP contribution in [0.15, 0.2) is 11.6 Å². The monoisotopic (exact) mass is 198 g/mol. The number of aliphatic hydroxyl groups excluding tert-OH is 1. The third kappa shape index (κ3) is 4.25. The number of aliphatic hydroxyl groups is 1. The minimum atomic E-state index is 0.348. The van der Waals surface area contributed by atoms with Gasteiger partial charge in [0.25, 0.3) is 0 Å². The Morgan fingerprint density at radius 3 is 2.43 bits per heavy atom. The quantitative estimate of drug-likeness (QED) is 0.703. The Balaban J connectivity index is 2.13. The Morgan fingerprint density at radius 1 is 1.29 bits per heavy atom. The van der Waals surface area contributed by atoms with Crippen LogP contribution >= 0.6 is 0 Å². The predicted octanol–water partition coefficient (Wildman–Crippen LogP) is 2.52. The molecule has 0 aliphatic heterocycles. The summed E-state index contributed by atoms with van der Waals surface area (Å²) < 4.78 is 5.73. The number of allylic oxidation sites excluding steroid dienone is 1. The predicted molar refractivity (Wildman–Crippen MR) is 58.2 cm³/mol. The van der Waals surface area contributed by atoms with E-state index in [1.807, 2.05) is 0 Å². The Labute approximate surface area is 87.0 Å². The molecule has 1 saturated carbocycles. The van der Waals surface area contributed by atoms with Crippen LogP contribution in [0.1, 0.15) is 39.5 Å². The number of hydrogen-bond donors (Lipinski definition) is 1. The molecule has 1 rings (SSSR count). The molecule has 1 aliphatic carbocycles. The van der Waals surface area contributed by atoms with Gasteiger partial charge in [-0.05, 0) is 45.4 Å². The summed E-state index contributed by atoms with van der Waals surface area (Å²) in [5.74, 6) is 0.526. The average molecular weight is 198 g/mol. The molecule has 0 radical (unpaired) electrons. The third-order valence-corrected chi connectivity index (χ3v) is 2.88. The molecular formula is C12H22O2. The highest BCUT2D eigenvalue weighted by Crippen LogP contribution is 2.25. The zero-order valence-electron chi connectivity index (χ0n) is 9.33. The fraction of sp³-hybridized carbons (Fsp3) is 0.833. The summed E-state index contributed by atoms with van der Waals surface area (Å²) in [6, 6.07) is 0. The maximum atomic E-state index is 8.98. The second-order valence-corrected chi connectivity index (χ2v) is 4.44. The van der Waals surface area contributed by atoms with Gasteiger partial charge in [-0.3, -0.25) is 0 Å². The molecule has 0 spiro atoms. The van der Waals surface area contributed by atoms with Gasteiger partial charge in [-0.1, -0.05) is 11.6 Å². The second kappa shape index (κ2) is 6.20. The fourth-order valence-electron chi connectivity index (χ4n) is 1.83. The highest BCUT2D eigenvalue weighted by atomic mass is 16.5. The largest absolute Gasteiger partial charge is 0.396 e. The van der Waals surface area contributed by atoms with E-state index in [0.717, 1.165) is 32.3 Å². The molecule has 1 N–H and O–H groups in total. The average Bonchev–Trinajstić information content (AvgIpc) is 2.18. The van der Waals surface area contributed by atoms with Crippen LogP contribution in [0.5, 0.6) is 0 Å². The van der Waals surface area contributed by atoms with Gasteiger partial charge >= 0.3 is 0 Å². The molecule has 0 atom stereocenters. The van der Waals surface area contributed by atoms with Crippen molar-refractivity contribution in [1.82, 2.24) is 0 Å². The van der Waals surface area contributed by atoms with E-state index in [1.54, 1.807) is 0 Å². The van der Waals surface area contributed by atoms with Crippen LogP contribution in [-0.4, -0.2) is 24.4 Å². The third-order valence-electron chi connectivity index (χ3n) is 2.88. The Kier molecular flexibility index (Phi) is 5.20. The second-order valence-electron chi connectivity index (χ2n) is 4.44. The summed E-state index contributed by atoms with van der Waals surface area (Å²) in [7, 11) is 0. The lowest BCUT2D eigenvalue weighted by Gasteiger charge is -2.26. The molecule has 2 heteroatoms. The van der Waals surface area contributed by atoms with E-state index in [9.17, 15) is 0 Å². The zero-order valence-corrected chi connectivity index (χ0v) is 9.33. The van der Waals surface area contributed by atoms with Crippen LogP contribution in [-0.2, 0) is 4.74 Å². The molecule has 0 amide bonds. The molecule has 0 saturated heterocycles. The topological polar surface area (TPSA) is 29.5 Å². The summed E-state index contributed by atoms with van der Waals surface area (Å²) in [6.07, 6.45) is 7.02. The summed E-state index contributed by atoms with van der Waals surface area (Å²) in [4.78, 5) is 0. The van der Waals surface area contributed by atoms with Gasteiger partial charge in [-0.15, -0.1) is 0 Å². The molecule has 0 aromatic heterocycles. The SMILES string of the molecule is CC(C)=CCOC1CCC(CO)CC1. The van der Waals surface area contributed by atoms with Crippen LogP contribution < -0.4 is 0 Å². The highest BCUT2D eigenvalue weighted by Gasteiger charge is 2.20. The first-order valence-electron chi connectivity index (χ1n) is 5.58. The van der Waals surface area contributed by atoms with Gasteiger partial charge in [0.05, 0.1) is 12.7 Å². The van der Waals surface area contributed by atoms with E-state index in [2.05, 4.69) is 19.9 Å². The molecule has 0 bridgehead atoms. The Bertz CT molecular complexity index is 175. The minimum Gasteiger partial charge on any atom is -0.396 e. The summed E-state index contributed by atoms with van der Waals surface area (Å²) in [5.41, 5.74) is 1.31. The van der Waals surface area contributed by atoms with Crippen LogP contribution in [0.4, 0.5) is 0 Å². The minimum absolute atomic E-state index is 0.348. The van der Waals surface area contributed by atoms with Gasteiger partial charge in [0.1, 0.15) is 0 Å². The van der Waals surface area contributed by atoms with E-state index in [0.29, 0.717) is 18.6 Å². The van der Waals surface area contributed by atoms with E-state index in [1.165, 1.54) is 5.57 Å². The van der Waals surface area contributed by atoms with Gasteiger partial charge in [0.15, 0.2) is 0 Å². The molecular weight excluding hydrogens is 176 g/mol. The van der Waals surface area contributed by atoms with Gasteiger partial charge in [-0.2, -0.15) is 0 Å². The lowest BCUT2D eigenvalue weighted by molar-refractivity contribution is 0.0261. The molecule has 14 heavy (non-hydrogen) atoms. The maximum Gasteiger partial charge on any atom is 0.0653 e. The summed E-state index contributed by atoms with van der Waals surface area (Å²) >= 11 is 0. The zero-order chi connectivity index (χ0) is 10.4. The van der Waals surface area contributed by atoms with Crippen molar-refractivity contribution in [2.24, 2.45) is 5.92 Å². The molecule has 1 aliphatic rings. The van der Waals surface area contributed by atoms with Crippen molar-refractivity contribution in [3.05, 3.63) is 11.6 Å². The normalized spacial score (nSPS) is 27.4. The van der Waals surface area contributed by atoms with Crippen LogP contribution in [0.3, 0.4) is 0 Å². The van der Waals surface area contributed by atoms with Gasteiger partial charge in [-0.25, -0.2) is 0 Å². The van der Waals surface area contributed by atoms with Crippen molar-refractivity contribution >= 4 is 0 Å². The number of hydrogen-bond acceptors (Lipinski definition) is 2. The lowest BCUT2D eigenvalue weighted by Crippen LogP contribution is -2.23. The van der Waals surface area contributed by atoms with Gasteiger partial charge in [0.2, 0.25) is 0 Å². The van der Waals surface area contributed by atoms with Crippen LogP contribution in [0.2, 0.25) is 0 Å². The molecule has 2 nitrogen and oxygen atoms in total. The summed E-state index contributed by atoms with van der Waals surface area (Å²) in [5, 5.41) is 8.98. The molecule has 0 aromatic rings. The molecule has 82 valence electrons. The van der Waals surface area contributed by atoms with E-state index < -0.39 is 0 Å². The van der Waals surface area contributed by atoms with E-state index in [4.69, 9.17) is 9.84 Å².